The van der Waals surface area contributed by atoms with Crippen molar-refractivity contribution in [2.75, 3.05) is 37.7 Å². The van der Waals surface area contributed by atoms with Crippen molar-refractivity contribution >= 4 is 11.9 Å². The van der Waals surface area contributed by atoms with E-state index in [4.69, 9.17) is 9.72 Å². The summed E-state index contributed by atoms with van der Waals surface area (Å²) in [7, 11) is 0. The highest BCUT2D eigenvalue weighted by atomic mass is 16.5. The number of carbonyl (C=O) groups is 1. The Morgan fingerprint density at radius 3 is 2.60 bits per heavy atom. The molecule has 1 aromatic rings. The number of amides is 1. The fourth-order valence-corrected chi connectivity index (χ4v) is 4.35. The van der Waals surface area contributed by atoms with Crippen LogP contribution in [0.5, 0.6) is 0 Å². The predicted molar refractivity (Wildman–Crippen MR) is 95.9 cm³/mol. The standard InChI is InChI=1S/C19H28N4O2/c1-19(2,3)16-15(17(24)22-6-8-25-9-7-22)11-20-18(21-16)23-12-13-4-5-14(23)10-13/h11,13-14H,4-10,12H2,1-3H3/t13-,14+/m0/s1. The maximum Gasteiger partial charge on any atom is 0.257 e. The number of nitrogens with zero attached hydrogens (tertiary/aromatic N) is 4. The molecule has 2 bridgehead atoms. The Labute approximate surface area is 149 Å². The second kappa shape index (κ2) is 6.24. The first-order chi connectivity index (χ1) is 11.9. The number of ether oxygens (including phenoxy) is 1. The van der Waals surface area contributed by atoms with Gasteiger partial charge < -0.3 is 14.5 Å². The smallest absolute Gasteiger partial charge is 0.257 e. The second-order valence-electron chi connectivity index (χ2n) is 8.57. The van der Waals surface area contributed by atoms with E-state index in [0.717, 1.165) is 24.1 Å². The van der Waals surface area contributed by atoms with E-state index in [2.05, 4.69) is 30.7 Å². The molecule has 1 aliphatic carbocycles. The lowest BCUT2D eigenvalue weighted by molar-refractivity contribution is 0.0300. The molecule has 3 aliphatic rings. The largest absolute Gasteiger partial charge is 0.378 e. The van der Waals surface area contributed by atoms with Gasteiger partial charge in [0, 0.05) is 37.3 Å². The summed E-state index contributed by atoms with van der Waals surface area (Å²) in [5, 5.41) is 0. The fourth-order valence-electron chi connectivity index (χ4n) is 4.35. The van der Waals surface area contributed by atoms with Crippen LogP contribution in [0.3, 0.4) is 0 Å². The van der Waals surface area contributed by atoms with Crippen molar-refractivity contribution in [2.24, 2.45) is 5.92 Å². The van der Waals surface area contributed by atoms with E-state index in [9.17, 15) is 4.79 Å². The topological polar surface area (TPSA) is 58.6 Å². The van der Waals surface area contributed by atoms with E-state index in [-0.39, 0.29) is 11.3 Å². The van der Waals surface area contributed by atoms with Crippen molar-refractivity contribution in [2.45, 2.75) is 51.5 Å². The Kier molecular flexibility index (Phi) is 4.18. The summed E-state index contributed by atoms with van der Waals surface area (Å²) in [6.07, 6.45) is 5.60. The Morgan fingerprint density at radius 2 is 2.00 bits per heavy atom. The van der Waals surface area contributed by atoms with Crippen molar-refractivity contribution in [3.63, 3.8) is 0 Å². The predicted octanol–water partition coefficient (Wildman–Crippen LogP) is 2.24. The molecule has 25 heavy (non-hydrogen) atoms. The third kappa shape index (κ3) is 3.12. The van der Waals surface area contributed by atoms with Crippen LogP contribution in [0.2, 0.25) is 0 Å². The van der Waals surface area contributed by atoms with Gasteiger partial charge in [0.15, 0.2) is 0 Å². The highest BCUT2D eigenvalue weighted by Crippen LogP contribution is 2.39. The SMILES string of the molecule is CC(C)(C)c1nc(N2C[C@H]3CC[C@@H]2C3)ncc1C(=O)N1CCOCC1. The third-order valence-corrected chi connectivity index (χ3v) is 5.68. The third-order valence-electron chi connectivity index (χ3n) is 5.68. The van der Waals surface area contributed by atoms with Gasteiger partial charge in [0.1, 0.15) is 0 Å². The zero-order valence-electron chi connectivity index (χ0n) is 15.5. The van der Waals surface area contributed by atoms with Crippen LogP contribution in [0.25, 0.3) is 0 Å². The number of hydrogen-bond donors (Lipinski definition) is 0. The number of piperidine rings is 1. The minimum Gasteiger partial charge on any atom is -0.378 e. The van der Waals surface area contributed by atoms with Crippen LogP contribution in [-0.2, 0) is 10.2 Å². The van der Waals surface area contributed by atoms with Gasteiger partial charge in [-0.05, 0) is 25.2 Å². The van der Waals surface area contributed by atoms with E-state index in [1.54, 1.807) is 6.20 Å². The summed E-state index contributed by atoms with van der Waals surface area (Å²) in [5.41, 5.74) is 1.30. The number of rotatable bonds is 2. The number of hydrogen-bond acceptors (Lipinski definition) is 5. The first kappa shape index (κ1) is 16.8. The summed E-state index contributed by atoms with van der Waals surface area (Å²) < 4.78 is 5.37. The zero-order chi connectivity index (χ0) is 17.6. The average Bonchev–Trinajstić information content (AvgIpc) is 3.24. The molecule has 0 radical (unpaired) electrons. The molecule has 2 aliphatic heterocycles. The quantitative estimate of drug-likeness (QED) is 0.823. The number of aromatic nitrogens is 2. The Morgan fingerprint density at radius 1 is 1.24 bits per heavy atom. The van der Waals surface area contributed by atoms with E-state index < -0.39 is 0 Å². The summed E-state index contributed by atoms with van der Waals surface area (Å²) in [5.74, 6) is 1.62. The summed E-state index contributed by atoms with van der Waals surface area (Å²) in [6.45, 7) is 9.89. The number of anilines is 1. The van der Waals surface area contributed by atoms with Gasteiger partial charge in [-0.15, -0.1) is 0 Å². The minimum absolute atomic E-state index is 0.0303. The van der Waals surface area contributed by atoms with Crippen LogP contribution in [-0.4, -0.2) is 59.7 Å². The summed E-state index contributed by atoms with van der Waals surface area (Å²) >= 11 is 0. The molecule has 2 atom stereocenters. The van der Waals surface area contributed by atoms with Crippen molar-refractivity contribution in [1.29, 1.82) is 0 Å². The Bertz CT molecular complexity index is 664. The molecule has 0 aromatic carbocycles. The zero-order valence-corrected chi connectivity index (χ0v) is 15.5. The molecule has 1 amide bonds. The van der Waals surface area contributed by atoms with Gasteiger partial charge >= 0.3 is 0 Å². The maximum atomic E-state index is 13.0. The van der Waals surface area contributed by atoms with Crippen molar-refractivity contribution < 1.29 is 9.53 Å². The molecule has 0 spiro atoms. The van der Waals surface area contributed by atoms with Crippen molar-refractivity contribution in [3.05, 3.63) is 17.5 Å². The molecule has 136 valence electrons. The van der Waals surface area contributed by atoms with E-state index in [1.807, 2.05) is 4.90 Å². The second-order valence-corrected chi connectivity index (χ2v) is 8.57. The van der Waals surface area contributed by atoms with Gasteiger partial charge in [0.2, 0.25) is 5.95 Å². The van der Waals surface area contributed by atoms with Crippen molar-refractivity contribution in [1.82, 2.24) is 14.9 Å². The van der Waals surface area contributed by atoms with Crippen LogP contribution in [0, 0.1) is 5.92 Å². The lowest BCUT2D eigenvalue weighted by Crippen LogP contribution is -2.42. The van der Waals surface area contributed by atoms with Crippen LogP contribution in [0.4, 0.5) is 5.95 Å². The molecule has 6 nitrogen and oxygen atoms in total. The van der Waals surface area contributed by atoms with Gasteiger partial charge in [-0.3, -0.25) is 4.79 Å². The van der Waals surface area contributed by atoms with Gasteiger partial charge in [-0.25, -0.2) is 9.97 Å². The lowest BCUT2D eigenvalue weighted by Gasteiger charge is -2.31. The first-order valence-corrected chi connectivity index (χ1v) is 9.44. The summed E-state index contributed by atoms with van der Waals surface area (Å²) in [6, 6.07) is 0.582. The molecule has 6 heteroatoms. The summed E-state index contributed by atoms with van der Waals surface area (Å²) in [4.78, 5) is 26.7. The van der Waals surface area contributed by atoms with Crippen LogP contribution in [0.1, 0.15) is 56.1 Å². The number of morpholine rings is 1. The van der Waals surface area contributed by atoms with E-state index >= 15 is 0 Å². The first-order valence-electron chi connectivity index (χ1n) is 9.44. The van der Waals surface area contributed by atoms with Crippen LogP contribution < -0.4 is 4.90 Å². The highest BCUT2D eigenvalue weighted by molar-refractivity contribution is 5.95. The fraction of sp³-hybridized carbons (Fsp3) is 0.737. The molecule has 3 heterocycles. The van der Waals surface area contributed by atoms with Gasteiger partial charge in [-0.2, -0.15) is 0 Å². The molecule has 1 aromatic heterocycles. The van der Waals surface area contributed by atoms with E-state index in [1.165, 1.54) is 19.3 Å². The minimum atomic E-state index is -0.201. The number of carbonyl (C=O) groups excluding carboxylic acids is 1. The van der Waals surface area contributed by atoms with Gasteiger partial charge in [0.25, 0.3) is 5.91 Å². The van der Waals surface area contributed by atoms with Crippen molar-refractivity contribution in [3.8, 4) is 0 Å². The average molecular weight is 344 g/mol. The Hall–Kier alpha value is -1.69. The van der Waals surface area contributed by atoms with Crippen LogP contribution >= 0.6 is 0 Å². The normalized spacial score (nSPS) is 26.4. The van der Waals surface area contributed by atoms with Gasteiger partial charge in [0.05, 0.1) is 24.5 Å². The molecule has 0 N–H and O–H groups in total. The molecule has 2 saturated heterocycles. The highest BCUT2D eigenvalue weighted by Gasteiger charge is 2.39. The molecule has 3 fully saturated rings. The molecule has 4 rings (SSSR count). The monoisotopic (exact) mass is 344 g/mol. The molecular formula is C19H28N4O2. The molecule has 0 unspecified atom stereocenters. The Balaban J connectivity index is 1.66. The molecular weight excluding hydrogens is 316 g/mol. The lowest BCUT2D eigenvalue weighted by atomic mass is 9.88. The van der Waals surface area contributed by atoms with Crippen LogP contribution in [0.15, 0.2) is 6.20 Å². The van der Waals surface area contributed by atoms with E-state index in [0.29, 0.717) is 37.9 Å². The van der Waals surface area contributed by atoms with Gasteiger partial charge in [-0.1, -0.05) is 20.8 Å². The number of fused-ring (bicyclic) bond motifs is 2. The maximum absolute atomic E-state index is 13.0. The molecule has 1 saturated carbocycles.